The quantitative estimate of drug-likeness (QED) is 0.424. The summed E-state index contributed by atoms with van der Waals surface area (Å²) in [7, 11) is 0. The van der Waals surface area contributed by atoms with Crippen LogP contribution in [-0.4, -0.2) is 33.5 Å². The Morgan fingerprint density at radius 2 is 1.76 bits per heavy atom. The number of benzene rings is 2. The fraction of sp³-hybridized carbons (Fsp3) is 0.0833. The molecule has 1 fully saturated rings. The fourth-order valence-corrected chi connectivity index (χ4v) is 5.10. The Bertz CT molecular complexity index is 1350. The van der Waals surface area contributed by atoms with Crippen LogP contribution < -0.4 is 10.2 Å². The standard InChI is InChI=1S/C24H16FN3O4S2/c25-14-7-9-15(10-8-14)26-19(29)13-27-18-6-2-1-5-17(18)20(22(27)30)21-23(31)28(24(33)34-21)12-16-4-3-11-32-16/h1-11H,12-13H2,(H,26,29)/b21-20+. The third kappa shape index (κ3) is 4.02. The van der Waals surface area contributed by atoms with Gasteiger partial charge in [0.2, 0.25) is 5.91 Å². The number of hydrogen-bond acceptors (Lipinski definition) is 6. The Hall–Kier alpha value is -3.76. The number of thioether (sulfide) groups is 1. The maximum absolute atomic E-state index is 13.5. The lowest BCUT2D eigenvalue weighted by atomic mass is 10.1. The number of halogens is 1. The number of carbonyl (C=O) groups is 3. The van der Waals surface area contributed by atoms with Gasteiger partial charge in [-0.3, -0.25) is 24.2 Å². The number of thiocarbonyl (C=S) groups is 1. The monoisotopic (exact) mass is 493 g/mol. The van der Waals surface area contributed by atoms with Crippen LogP contribution in [0.1, 0.15) is 11.3 Å². The minimum absolute atomic E-state index is 0.161. The highest BCUT2D eigenvalue weighted by Gasteiger charge is 2.42. The number of amides is 3. The molecule has 3 heterocycles. The summed E-state index contributed by atoms with van der Waals surface area (Å²) in [4.78, 5) is 42.3. The van der Waals surface area contributed by atoms with E-state index in [9.17, 15) is 18.8 Å². The Morgan fingerprint density at radius 1 is 1.00 bits per heavy atom. The van der Waals surface area contributed by atoms with Gasteiger partial charge < -0.3 is 9.73 Å². The molecule has 3 amide bonds. The summed E-state index contributed by atoms with van der Waals surface area (Å²) in [6.45, 7) is -0.114. The van der Waals surface area contributed by atoms with Gasteiger partial charge in [0.15, 0.2) is 0 Å². The van der Waals surface area contributed by atoms with Crippen molar-refractivity contribution in [1.29, 1.82) is 0 Å². The summed E-state index contributed by atoms with van der Waals surface area (Å²) in [5.41, 5.74) is 1.70. The molecule has 0 bridgehead atoms. The summed E-state index contributed by atoms with van der Waals surface area (Å²) in [5, 5.41) is 2.65. The number of anilines is 2. The summed E-state index contributed by atoms with van der Waals surface area (Å²) < 4.78 is 18.8. The zero-order valence-electron chi connectivity index (χ0n) is 17.5. The second-order valence-electron chi connectivity index (χ2n) is 7.51. The molecular formula is C24H16FN3O4S2. The Morgan fingerprint density at radius 3 is 2.50 bits per heavy atom. The lowest BCUT2D eigenvalue weighted by Crippen LogP contribution is -2.35. The van der Waals surface area contributed by atoms with E-state index in [4.69, 9.17) is 16.6 Å². The highest BCUT2D eigenvalue weighted by molar-refractivity contribution is 8.26. The molecule has 0 aliphatic carbocycles. The Labute approximate surface area is 203 Å². The van der Waals surface area contributed by atoms with Crippen LogP contribution in [0.5, 0.6) is 0 Å². The minimum Gasteiger partial charge on any atom is -0.467 e. The van der Waals surface area contributed by atoms with Crippen LogP contribution in [0, 0.1) is 5.82 Å². The van der Waals surface area contributed by atoms with E-state index < -0.39 is 17.6 Å². The van der Waals surface area contributed by atoms with Crippen LogP contribution >= 0.6 is 24.0 Å². The van der Waals surface area contributed by atoms with Crippen molar-refractivity contribution in [3.8, 4) is 0 Å². The third-order valence-corrected chi connectivity index (χ3v) is 6.77. The zero-order valence-corrected chi connectivity index (χ0v) is 19.1. The number of fused-ring (bicyclic) bond motifs is 1. The number of hydrogen-bond donors (Lipinski definition) is 1. The normalized spacial score (nSPS) is 17.5. The van der Waals surface area contributed by atoms with E-state index in [0.29, 0.717) is 27.0 Å². The molecule has 2 aromatic carbocycles. The van der Waals surface area contributed by atoms with Crippen molar-refractivity contribution in [2.75, 3.05) is 16.8 Å². The van der Waals surface area contributed by atoms with Crippen molar-refractivity contribution in [3.63, 3.8) is 0 Å². The summed E-state index contributed by atoms with van der Waals surface area (Å²) >= 11 is 6.45. The van der Waals surface area contributed by atoms with Gasteiger partial charge in [-0.05, 0) is 42.5 Å². The summed E-state index contributed by atoms with van der Waals surface area (Å²) in [5.74, 6) is -1.16. The SMILES string of the molecule is O=C(CN1C(=O)/C(=C2/SC(=S)N(Cc3ccco3)C2=O)c2ccccc21)Nc1ccc(F)cc1. The number of carbonyl (C=O) groups excluding carboxylic acids is 3. The maximum Gasteiger partial charge on any atom is 0.267 e. The van der Waals surface area contributed by atoms with Gasteiger partial charge in [-0.25, -0.2) is 4.39 Å². The zero-order chi connectivity index (χ0) is 23.8. The van der Waals surface area contributed by atoms with Crippen molar-refractivity contribution in [1.82, 2.24) is 4.90 Å². The van der Waals surface area contributed by atoms with Crippen LogP contribution in [0.2, 0.25) is 0 Å². The first-order valence-electron chi connectivity index (χ1n) is 10.2. The second-order valence-corrected chi connectivity index (χ2v) is 9.15. The smallest absolute Gasteiger partial charge is 0.267 e. The van der Waals surface area contributed by atoms with E-state index in [1.807, 2.05) is 0 Å². The van der Waals surface area contributed by atoms with E-state index in [1.54, 1.807) is 36.4 Å². The molecule has 5 rings (SSSR count). The van der Waals surface area contributed by atoms with Gasteiger partial charge in [-0.15, -0.1) is 0 Å². The number of rotatable bonds is 5. The number of furan rings is 1. The van der Waals surface area contributed by atoms with Gasteiger partial charge in [0.05, 0.1) is 29.0 Å². The van der Waals surface area contributed by atoms with Gasteiger partial charge >= 0.3 is 0 Å². The number of para-hydroxylation sites is 1. The molecule has 0 saturated carbocycles. The highest BCUT2D eigenvalue weighted by Crippen LogP contribution is 2.44. The summed E-state index contributed by atoms with van der Waals surface area (Å²) in [6, 6.07) is 15.8. The van der Waals surface area contributed by atoms with Crippen LogP contribution in [-0.2, 0) is 20.9 Å². The predicted octanol–water partition coefficient (Wildman–Crippen LogP) is 4.18. The first-order chi connectivity index (χ1) is 16.4. The van der Waals surface area contributed by atoms with Gasteiger partial charge in [-0.2, -0.15) is 0 Å². The van der Waals surface area contributed by atoms with Gasteiger partial charge in [0.25, 0.3) is 11.8 Å². The van der Waals surface area contributed by atoms with Crippen LogP contribution in [0.25, 0.3) is 5.57 Å². The highest BCUT2D eigenvalue weighted by atomic mass is 32.2. The molecular weight excluding hydrogens is 477 g/mol. The molecule has 3 aromatic rings. The molecule has 10 heteroatoms. The van der Waals surface area contributed by atoms with E-state index >= 15 is 0 Å². The molecule has 0 spiro atoms. The molecule has 1 aromatic heterocycles. The molecule has 2 aliphatic rings. The topological polar surface area (TPSA) is 82.9 Å². The Balaban J connectivity index is 1.43. The van der Waals surface area contributed by atoms with Crippen molar-refractivity contribution < 1.29 is 23.2 Å². The van der Waals surface area contributed by atoms with Crippen molar-refractivity contribution in [2.24, 2.45) is 0 Å². The fourth-order valence-electron chi connectivity index (χ4n) is 3.78. The molecule has 170 valence electrons. The van der Waals surface area contributed by atoms with Crippen LogP contribution in [0.4, 0.5) is 15.8 Å². The maximum atomic E-state index is 13.5. The molecule has 2 aliphatic heterocycles. The molecule has 1 saturated heterocycles. The van der Waals surface area contributed by atoms with Crippen LogP contribution in [0.15, 0.2) is 76.2 Å². The van der Waals surface area contributed by atoms with Gasteiger partial charge in [0.1, 0.15) is 22.4 Å². The molecule has 1 N–H and O–H groups in total. The first-order valence-corrected chi connectivity index (χ1v) is 11.4. The Kier molecular flexibility index (Phi) is 5.76. The summed E-state index contributed by atoms with van der Waals surface area (Å²) in [6.07, 6.45) is 1.51. The van der Waals surface area contributed by atoms with E-state index in [1.165, 1.54) is 40.3 Å². The first kappa shape index (κ1) is 22.1. The van der Waals surface area contributed by atoms with Crippen molar-refractivity contribution in [3.05, 3.63) is 89.0 Å². The van der Waals surface area contributed by atoms with Crippen molar-refractivity contribution in [2.45, 2.75) is 6.54 Å². The van der Waals surface area contributed by atoms with Crippen molar-refractivity contribution >= 4 is 63.0 Å². The lowest BCUT2D eigenvalue weighted by molar-refractivity contribution is -0.123. The van der Waals surface area contributed by atoms with Gasteiger partial charge in [-0.1, -0.05) is 42.2 Å². The predicted molar refractivity (Wildman–Crippen MR) is 130 cm³/mol. The molecule has 0 unspecified atom stereocenters. The average Bonchev–Trinajstić information content (AvgIpc) is 3.50. The second kappa shape index (κ2) is 8.88. The minimum atomic E-state index is -0.464. The molecule has 34 heavy (non-hydrogen) atoms. The molecule has 7 nitrogen and oxygen atoms in total. The van der Waals surface area contributed by atoms with E-state index in [2.05, 4.69) is 5.32 Å². The largest absolute Gasteiger partial charge is 0.467 e. The van der Waals surface area contributed by atoms with E-state index in [0.717, 1.165) is 11.8 Å². The lowest BCUT2D eigenvalue weighted by Gasteiger charge is -2.16. The number of nitrogens with zero attached hydrogens (tertiary/aromatic N) is 2. The number of nitrogens with one attached hydrogen (secondary N) is 1. The van der Waals surface area contributed by atoms with E-state index in [-0.39, 0.29) is 29.5 Å². The van der Waals surface area contributed by atoms with Gasteiger partial charge in [0, 0.05) is 11.3 Å². The van der Waals surface area contributed by atoms with Crippen LogP contribution in [0.3, 0.4) is 0 Å². The third-order valence-electron chi connectivity index (χ3n) is 5.32. The average molecular weight is 494 g/mol. The molecule has 0 atom stereocenters. The molecule has 0 radical (unpaired) electrons.